The summed E-state index contributed by atoms with van der Waals surface area (Å²) in [5.74, 6) is 0.295. The van der Waals surface area contributed by atoms with Crippen LogP contribution in [0, 0.1) is 5.82 Å². The molecule has 0 saturated heterocycles. The Balaban J connectivity index is 2.31. The molecule has 1 aromatic carbocycles. The molecule has 0 saturated carbocycles. The monoisotopic (exact) mass is 333 g/mol. The Labute approximate surface area is 134 Å². The Morgan fingerprint density at radius 3 is 2.61 bits per heavy atom. The smallest absolute Gasteiger partial charge is 0.357 e. The fourth-order valence-electron chi connectivity index (χ4n) is 1.99. The molecule has 0 unspecified atom stereocenters. The molecule has 0 heterocycles. The molecule has 0 radical (unpaired) electrons. The first kappa shape index (κ1) is 19.3. The summed E-state index contributed by atoms with van der Waals surface area (Å²) < 4.78 is 49.2. The maximum atomic E-state index is 13.1. The number of nitrogens with one attached hydrogen (secondary N) is 2. The van der Waals surface area contributed by atoms with Crippen LogP contribution >= 0.6 is 0 Å². The van der Waals surface area contributed by atoms with Crippen LogP contribution in [0.4, 0.5) is 17.6 Å². The van der Waals surface area contributed by atoms with E-state index in [2.05, 4.69) is 15.6 Å². The van der Waals surface area contributed by atoms with E-state index in [-0.39, 0.29) is 12.2 Å². The number of aliphatic imine (C=N–C) groups is 1. The largest absolute Gasteiger partial charge is 0.389 e. The predicted molar refractivity (Wildman–Crippen MR) is 84.0 cm³/mol. The second kappa shape index (κ2) is 10.1. The summed E-state index contributed by atoms with van der Waals surface area (Å²) >= 11 is 0. The minimum Gasteiger partial charge on any atom is -0.357 e. The van der Waals surface area contributed by atoms with E-state index in [4.69, 9.17) is 0 Å². The van der Waals surface area contributed by atoms with E-state index in [0.717, 1.165) is 5.56 Å². The molecule has 0 aliphatic rings. The van der Waals surface area contributed by atoms with Gasteiger partial charge in [0.2, 0.25) is 0 Å². The zero-order chi connectivity index (χ0) is 17.1. The third-order valence-electron chi connectivity index (χ3n) is 3.08. The van der Waals surface area contributed by atoms with Crippen molar-refractivity contribution in [2.45, 2.75) is 38.8 Å². The van der Waals surface area contributed by atoms with E-state index in [1.807, 2.05) is 13.0 Å². The van der Waals surface area contributed by atoms with Crippen molar-refractivity contribution in [3.05, 3.63) is 35.6 Å². The van der Waals surface area contributed by atoms with Crippen molar-refractivity contribution in [2.75, 3.05) is 19.6 Å². The van der Waals surface area contributed by atoms with Gasteiger partial charge in [0.05, 0.1) is 0 Å². The Morgan fingerprint density at radius 2 is 1.96 bits per heavy atom. The molecule has 0 atom stereocenters. The van der Waals surface area contributed by atoms with Crippen LogP contribution in [0.2, 0.25) is 0 Å². The summed E-state index contributed by atoms with van der Waals surface area (Å²) in [5.41, 5.74) is 0.874. The first-order valence-corrected chi connectivity index (χ1v) is 7.74. The van der Waals surface area contributed by atoms with Crippen molar-refractivity contribution < 1.29 is 17.6 Å². The van der Waals surface area contributed by atoms with Gasteiger partial charge in [-0.2, -0.15) is 13.2 Å². The second-order valence-corrected chi connectivity index (χ2v) is 5.14. The molecule has 1 rings (SSSR count). The first-order chi connectivity index (χ1) is 10.9. The minimum absolute atomic E-state index is 0.0791. The molecule has 0 aliphatic carbocycles. The van der Waals surface area contributed by atoms with E-state index < -0.39 is 12.6 Å². The molecular weight excluding hydrogens is 310 g/mol. The lowest BCUT2D eigenvalue weighted by Crippen LogP contribution is -2.38. The molecule has 0 spiro atoms. The summed E-state index contributed by atoms with van der Waals surface area (Å²) in [6.45, 7) is 3.48. The molecule has 130 valence electrons. The van der Waals surface area contributed by atoms with E-state index >= 15 is 0 Å². The van der Waals surface area contributed by atoms with Crippen LogP contribution in [-0.4, -0.2) is 31.8 Å². The Kier molecular flexibility index (Phi) is 8.43. The summed E-state index contributed by atoms with van der Waals surface area (Å²) in [7, 11) is 0. The lowest BCUT2D eigenvalue weighted by atomic mass is 10.1. The van der Waals surface area contributed by atoms with E-state index in [1.54, 1.807) is 6.07 Å². The first-order valence-electron chi connectivity index (χ1n) is 7.74. The van der Waals surface area contributed by atoms with Crippen LogP contribution in [-0.2, 0) is 6.42 Å². The number of unbranched alkanes of at least 4 members (excludes halogenated alkanes) is 1. The van der Waals surface area contributed by atoms with Crippen LogP contribution in [0.15, 0.2) is 29.3 Å². The van der Waals surface area contributed by atoms with Gasteiger partial charge in [0, 0.05) is 26.1 Å². The van der Waals surface area contributed by atoms with Gasteiger partial charge in [-0.1, -0.05) is 12.1 Å². The highest BCUT2D eigenvalue weighted by Gasteiger charge is 2.25. The fraction of sp³-hybridized carbons (Fsp3) is 0.562. The van der Waals surface area contributed by atoms with E-state index in [1.165, 1.54) is 12.1 Å². The number of hydrogen-bond donors (Lipinski definition) is 2. The van der Waals surface area contributed by atoms with Crippen molar-refractivity contribution in [2.24, 2.45) is 4.99 Å². The van der Waals surface area contributed by atoms with Crippen molar-refractivity contribution >= 4 is 5.96 Å². The van der Waals surface area contributed by atoms with Gasteiger partial charge in [-0.3, -0.25) is 4.99 Å². The quantitative estimate of drug-likeness (QED) is 0.330. The highest BCUT2D eigenvalue weighted by atomic mass is 19.4. The molecule has 7 heteroatoms. The number of guanidine groups is 1. The molecule has 3 nitrogen and oxygen atoms in total. The fourth-order valence-corrected chi connectivity index (χ4v) is 1.99. The van der Waals surface area contributed by atoms with Gasteiger partial charge >= 0.3 is 6.18 Å². The number of rotatable bonds is 8. The summed E-state index contributed by atoms with van der Waals surface area (Å²) in [6.07, 6.45) is -3.77. The predicted octanol–water partition coefficient (Wildman–Crippen LogP) is 3.66. The average molecular weight is 333 g/mol. The Morgan fingerprint density at radius 1 is 1.17 bits per heavy atom. The van der Waals surface area contributed by atoms with E-state index in [0.29, 0.717) is 38.4 Å². The molecule has 1 aromatic rings. The Bertz CT molecular complexity index is 486. The van der Waals surface area contributed by atoms with Gasteiger partial charge in [0.1, 0.15) is 5.82 Å². The van der Waals surface area contributed by atoms with Gasteiger partial charge in [0.15, 0.2) is 5.96 Å². The number of benzene rings is 1. The molecule has 0 fully saturated rings. The van der Waals surface area contributed by atoms with Crippen LogP contribution in [0.3, 0.4) is 0 Å². The van der Waals surface area contributed by atoms with Crippen molar-refractivity contribution in [3.8, 4) is 0 Å². The molecule has 23 heavy (non-hydrogen) atoms. The molecule has 0 amide bonds. The molecule has 0 aliphatic heterocycles. The standard InChI is InChI=1S/C16H23F4N3/c1-2-21-15(22-10-4-3-9-16(18,19)20)23-11-8-13-6-5-7-14(17)12-13/h5-7,12H,2-4,8-11H2,1H3,(H2,21,22,23). The van der Waals surface area contributed by atoms with Gasteiger partial charge in [-0.05, 0) is 43.9 Å². The third-order valence-corrected chi connectivity index (χ3v) is 3.08. The normalized spacial score (nSPS) is 12.3. The zero-order valence-corrected chi connectivity index (χ0v) is 13.2. The molecule has 2 N–H and O–H groups in total. The van der Waals surface area contributed by atoms with Crippen LogP contribution in [0.25, 0.3) is 0 Å². The second-order valence-electron chi connectivity index (χ2n) is 5.14. The highest BCUT2D eigenvalue weighted by Crippen LogP contribution is 2.21. The van der Waals surface area contributed by atoms with Crippen molar-refractivity contribution in [1.82, 2.24) is 10.6 Å². The maximum Gasteiger partial charge on any atom is 0.389 e. The zero-order valence-electron chi connectivity index (χ0n) is 13.2. The van der Waals surface area contributed by atoms with Gasteiger partial charge < -0.3 is 10.6 Å². The molecule has 0 aromatic heterocycles. The molecule has 0 bridgehead atoms. The SMILES string of the molecule is CCNC(=NCCCCC(F)(F)F)NCCc1cccc(F)c1. The molecular formula is C16H23F4N3. The Hall–Kier alpha value is -1.79. The van der Waals surface area contributed by atoms with Gasteiger partial charge in [0.25, 0.3) is 0 Å². The number of hydrogen-bond acceptors (Lipinski definition) is 1. The maximum absolute atomic E-state index is 13.1. The minimum atomic E-state index is -4.10. The summed E-state index contributed by atoms with van der Waals surface area (Å²) in [6, 6.07) is 6.36. The van der Waals surface area contributed by atoms with Gasteiger partial charge in [-0.15, -0.1) is 0 Å². The number of halogens is 4. The van der Waals surface area contributed by atoms with Crippen molar-refractivity contribution in [3.63, 3.8) is 0 Å². The third kappa shape index (κ3) is 9.76. The summed E-state index contributed by atoms with van der Waals surface area (Å²) in [4.78, 5) is 4.23. The summed E-state index contributed by atoms with van der Waals surface area (Å²) in [5, 5.41) is 6.12. The highest BCUT2D eigenvalue weighted by molar-refractivity contribution is 5.79. The van der Waals surface area contributed by atoms with Crippen LogP contribution < -0.4 is 10.6 Å². The number of nitrogens with zero attached hydrogens (tertiary/aromatic N) is 1. The topological polar surface area (TPSA) is 36.4 Å². The van der Waals surface area contributed by atoms with Gasteiger partial charge in [-0.25, -0.2) is 4.39 Å². The lowest BCUT2D eigenvalue weighted by Gasteiger charge is -2.11. The average Bonchev–Trinajstić information content (AvgIpc) is 2.45. The lowest BCUT2D eigenvalue weighted by molar-refractivity contribution is -0.135. The van der Waals surface area contributed by atoms with Crippen LogP contribution in [0.1, 0.15) is 31.7 Å². The van der Waals surface area contributed by atoms with Crippen molar-refractivity contribution in [1.29, 1.82) is 0 Å². The van der Waals surface area contributed by atoms with E-state index in [9.17, 15) is 17.6 Å². The van der Waals surface area contributed by atoms with Crippen LogP contribution in [0.5, 0.6) is 0 Å². The number of alkyl halides is 3.